The first-order valence-corrected chi connectivity index (χ1v) is 9.65. The monoisotopic (exact) mass is 363 g/mol. The summed E-state index contributed by atoms with van der Waals surface area (Å²) in [6, 6.07) is 10.0. The Hall–Kier alpha value is -2.76. The zero-order chi connectivity index (χ0) is 18.6. The van der Waals surface area contributed by atoms with Crippen molar-refractivity contribution in [3.05, 3.63) is 47.8 Å². The summed E-state index contributed by atoms with van der Waals surface area (Å²) in [6.07, 6.45) is 4.99. The highest BCUT2D eigenvalue weighted by Crippen LogP contribution is 2.24. The molecule has 27 heavy (non-hydrogen) atoms. The van der Waals surface area contributed by atoms with Gasteiger partial charge in [-0.3, -0.25) is 4.98 Å². The van der Waals surface area contributed by atoms with E-state index < -0.39 is 0 Å². The van der Waals surface area contributed by atoms with Crippen molar-refractivity contribution in [2.75, 3.05) is 24.6 Å². The Morgan fingerprint density at radius 1 is 1.11 bits per heavy atom. The van der Waals surface area contributed by atoms with E-state index in [1.54, 1.807) is 0 Å². The van der Waals surface area contributed by atoms with Crippen LogP contribution in [0.15, 0.2) is 36.5 Å². The highest BCUT2D eigenvalue weighted by molar-refractivity contribution is 5.75. The number of ether oxygens (including phenoxy) is 1. The van der Waals surface area contributed by atoms with Crippen LogP contribution in [0.5, 0.6) is 5.88 Å². The van der Waals surface area contributed by atoms with Gasteiger partial charge in [-0.25, -0.2) is 4.98 Å². The number of hydrogen-bond acceptors (Lipinski definition) is 6. The molecular formula is C21H25N5O. The molecule has 0 bridgehead atoms. The molecule has 3 aromatic rings. The van der Waals surface area contributed by atoms with Gasteiger partial charge in [0.2, 0.25) is 5.88 Å². The lowest BCUT2D eigenvalue weighted by molar-refractivity contribution is 0.214. The molecule has 0 unspecified atom stereocenters. The predicted octanol–water partition coefficient (Wildman–Crippen LogP) is 3.59. The average molecular weight is 363 g/mol. The number of rotatable bonds is 5. The van der Waals surface area contributed by atoms with E-state index in [0.29, 0.717) is 18.4 Å². The highest BCUT2D eigenvalue weighted by Gasteiger charge is 2.21. The van der Waals surface area contributed by atoms with E-state index >= 15 is 0 Å². The molecular weight excluding hydrogens is 338 g/mol. The summed E-state index contributed by atoms with van der Waals surface area (Å²) in [5.41, 5.74) is 4.07. The zero-order valence-electron chi connectivity index (χ0n) is 15.9. The number of nitrogens with zero attached hydrogens (tertiary/aromatic N) is 5. The first-order chi connectivity index (χ1) is 13.2. The molecule has 0 N–H and O–H groups in total. The third-order valence-electron chi connectivity index (χ3n) is 5.28. The number of piperidine rings is 1. The number of benzene rings is 1. The molecule has 1 saturated heterocycles. The van der Waals surface area contributed by atoms with Crippen molar-refractivity contribution in [2.45, 2.75) is 33.1 Å². The fourth-order valence-corrected chi connectivity index (χ4v) is 3.53. The second-order valence-corrected chi connectivity index (χ2v) is 7.11. The maximum Gasteiger partial charge on any atom is 0.233 e. The molecule has 0 atom stereocenters. The van der Waals surface area contributed by atoms with Gasteiger partial charge in [-0.1, -0.05) is 19.1 Å². The Bertz CT molecular complexity index is 921. The van der Waals surface area contributed by atoms with Crippen molar-refractivity contribution in [1.29, 1.82) is 0 Å². The van der Waals surface area contributed by atoms with Gasteiger partial charge in [-0.05, 0) is 49.8 Å². The van der Waals surface area contributed by atoms with Crippen molar-refractivity contribution in [1.82, 2.24) is 20.2 Å². The van der Waals surface area contributed by atoms with Gasteiger partial charge in [-0.2, -0.15) is 5.10 Å². The summed E-state index contributed by atoms with van der Waals surface area (Å²) in [7, 11) is 0. The van der Waals surface area contributed by atoms with Crippen molar-refractivity contribution >= 4 is 16.9 Å². The van der Waals surface area contributed by atoms with E-state index in [-0.39, 0.29) is 0 Å². The van der Waals surface area contributed by atoms with E-state index in [0.717, 1.165) is 54.9 Å². The summed E-state index contributed by atoms with van der Waals surface area (Å²) < 4.78 is 5.92. The summed E-state index contributed by atoms with van der Waals surface area (Å²) in [5, 5.41) is 8.35. The predicted molar refractivity (Wildman–Crippen MR) is 106 cm³/mol. The van der Waals surface area contributed by atoms with E-state index in [4.69, 9.17) is 9.72 Å². The molecule has 0 saturated carbocycles. The Morgan fingerprint density at radius 3 is 2.67 bits per heavy atom. The molecule has 1 aliphatic rings. The fourth-order valence-electron chi connectivity index (χ4n) is 3.53. The minimum absolute atomic E-state index is 0.530. The fraction of sp³-hybridized carbons (Fsp3) is 0.429. The summed E-state index contributed by atoms with van der Waals surface area (Å²) in [6.45, 7) is 6.75. The Labute approximate surface area is 159 Å². The standard InChI is InChI=1S/C21H25N5O/c1-3-17-12-21(25-24-15(17)2)27-14-16-8-10-26(11-9-16)20-13-22-18-6-4-5-7-19(18)23-20/h4-7,12-13,16H,3,8-11,14H2,1-2H3. The first kappa shape index (κ1) is 17.6. The molecule has 0 radical (unpaired) electrons. The molecule has 1 fully saturated rings. The van der Waals surface area contributed by atoms with Crippen LogP contribution in [-0.2, 0) is 6.42 Å². The number of hydrogen-bond donors (Lipinski definition) is 0. The van der Waals surface area contributed by atoms with Crippen molar-refractivity contribution in [3.63, 3.8) is 0 Å². The number of anilines is 1. The van der Waals surface area contributed by atoms with Crippen LogP contribution in [0.1, 0.15) is 31.0 Å². The minimum Gasteiger partial charge on any atom is -0.476 e. The van der Waals surface area contributed by atoms with Crippen molar-refractivity contribution in [2.24, 2.45) is 5.92 Å². The summed E-state index contributed by atoms with van der Waals surface area (Å²) in [4.78, 5) is 11.6. The van der Waals surface area contributed by atoms with E-state index in [1.807, 2.05) is 43.5 Å². The van der Waals surface area contributed by atoms with Crippen LogP contribution in [0.25, 0.3) is 11.0 Å². The number of aromatic nitrogens is 4. The third-order valence-corrected chi connectivity index (χ3v) is 5.28. The largest absolute Gasteiger partial charge is 0.476 e. The Kier molecular flexibility index (Phi) is 5.14. The molecule has 6 heteroatoms. The maximum atomic E-state index is 5.92. The SMILES string of the molecule is CCc1cc(OCC2CCN(c3cnc4ccccc4n3)CC2)nnc1C. The zero-order valence-corrected chi connectivity index (χ0v) is 15.9. The molecule has 140 valence electrons. The molecule has 0 amide bonds. The molecule has 0 spiro atoms. The van der Waals surface area contributed by atoms with Gasteiger partial charge >= 0.3 is 0 Å². The lowest BCUT2D eigenvalue weighted by Crippen LogP contribution is -2.36. The van der Waals surface area contributed by atoms with Crippen LogP contribution in [0.3, 0.4) is 0 Å². The number of para-hydroxylation sites is 2. The Balaban J connectivity index is 1.33. The normalized spacial score (nSPS) is 15.3. The molecule has 6 nitrogen and oxygen atoms in total. The topological polar surface area (TPSA) is 64.0 Å². The molecule has 0 aliphatic carbocycles. The Morgan fingerprint density at radius 2 is 1.89 bits per heavy atom. The lowest BCUT2D eigenvalue weighted by Gasteiger charge is -2.32. The van der Waals surface area contributed by atoms with Crippen LogP contribution in [0.4, 0.5) is 5.82 Å². The number of fused-ring (bicyclic) bond motifs is 1. The van der Waals surface area contributed by atoms with Crippen LogP contribution < -0.4 is 9.64 Å². The van der Waals surface area contributed by atoms with Gasteiger partial charge < -0.3 is 9.64 Å². The summed E-state index contributed by atoms with van der Waals surface area (Å²) in [5.74, 6) is 2.13. The average Bonchev–Trinajstić information content (AvgIpc) is 2.73. The van der Waals surface area contributed by atoms with Crippen LogP contribution in [0, 0.1) is 12.8 Å². The van der Waals surface area contributed by atoms with Gasteiger partial charge in [0.25, 0.3) is 0 Å². The van der Waals surface area contributed by atoms with Crippen LogP contribution in [-0.4, -0.2) is 39.9 Å². The number of aryl methyl sites for hydroxylation is 2. The maximum absolute atomic E-state index is 5.92. The smallest absolute Gasteiger partial charge is 0.233 e. The van der Waals surface area contributed by atoms with Crippen molar-refractivity contribution < 1.29 is 4.74 Å². The first-order valence-electron chi connectivity index (χ1n) is 9.65. The van der Waals surface area contributed by atoms with Crippen LogP contribution >= 0.6 is 0 Å². The van der Waals surface area contributed by atoms with Gasteiger partial charge in [0.05, 0.1) is 29.5 Å². The second-order valence-electron chi connectivity index (χ2n) is 7.11. The lowest BCUT2D eigenvalue weighted by atomic mass is 9.98. The molecule has 1 aromatic carbocycles. The van der Waals surface area contributed by atoms with E-state index in [1.165, 1.54) is 5.56 Å². The highest BCUT2D eigenvalue weighted by atomic mass is 16.5. The van der Waals surface area contributed by atoms with E-state index in [2.05, 4.69) is 27.0 Å². The summed E-state index contributed by atoms with van der Waals surface area (Å²) >= 11 is 0. The molecule has 3 heterocycles. The van der Waals surface area contributed by atoms with Gasteiger partial charge in [0.1, 0.15) is 5.82 Å². The van der Waals surface area contributed by atoms with Gasteiger partial charge in [0, 0.05) is 19.2 Å². The van der Waals surface area contributed by atoms with Gasteiger partial charge in [0.15, 0.2) is 0 Å². The molecule has 1 aliphatic heterocycles. The second kappa shape index (κ2) is 7.86. The minimum atomic E-state index is 0.530. The molecule has 4 rings (SSSR count). The van der Waals surface area contributed by atoms with E-state index in [9.17, 15) is 0 Å². The molecule has 2 aromatic heterocycles. The van der Waals surface area contributed by atoms with Crippen LogP contribution in [0.2, 0.25) is 0 Å². The van der Waals surface area contributed by atoms with Gasteiger partial charge in [-0.15, -0.1) is 5.10 Å². The van der Waals surface area contributed by atoms with Crippen molar-refractivity contribution in [3.8, 4) is 5.88 Å². The third kappa shape index (κ3) is 3.99. The quantitative estimate of drug-likeness (QED) is 0.690.